The fraction of sp³-hybridized carbons (Fsp3) is 0.562. The average molecular weight is 276 g/mol. The first-order valence-electron chi connectivity index (χ1n) is 7.39. The molecule has 1 saturated heterocycles. The van der Waals surface area contributed by atoms with E-state index >= 15 is 0 Å². The molecule has 1 atom stereocenters. The number of amides is 1. The number of likely N-dealkylation sites (N-methyl/N-ethyl adjacent to an activating group) is 1. The van der Waals surface area contributed by atoms with Gasteiger partial charge in [-0.3, -0.25) is 4.79 Å². The molecule has 0 aromatic heterocycles. The molecule has 1 aromatic rings. The van der Waals surface area contributed by atoms with E-state index in [0.717, 1.165) is 37.2 Å². The van der Waals surface area contributed by atoms with E-state index in [1.165, 1.54) is 6.42 Å². The molecule has 4 nitrogen and oxygen atoms in total. The van der Waals surface area contributed by atoms with E-state index in [1.807, 2.05) is 36.1 Å². The lowest BCUT2D eigenvalue weighted by Crippen LogP contribution is -2.48. The lowest BCUT2D eigenvalue weighted by atomic mass is 10.0. The number of rotatable bonds is 5. The van der Waals surface area contributed by atoms with Crippen molar-refractivity contribution in [1.29, 1.82) is 0 Å². The van der Waals surface area contributed by atoms with Crippen molar-refractivity contribution in [3.05, 3.63) is 29.8 Å². The summed E-state index contributed by atoms with van der Waals surface area (Å²) in [5.74, 6) is 1.07. The standard InChI is InChI=1S/C16H24N2O2/c1-3-18(16(19)15-6-4-5-11-17-15)12-13-7-9-14(20-2)10-8-13/h7-10,15,17H,3-6,11-12H2,1-2H3/t15-/m0/s1. The molecule has 0 spiro atoms. The van der Waals surface area contributed by atoms with Gasteiger partial charge in [-0.1, -0.05) is 18.6 Å². The fourth-order valence-corrected chi connectivity index (χ4v) is 2.58. The van der Waals surface area contributed by atoms with Crippen LogP contribution in [0.25, 0.3) is 0 Å². The Kier molecular flexibility index (Phi) is 5.41. The van der Waals surface area contributed by atoms with E-state index in [2.05, 4.69) is 5.32 Å². The Balaban J connectivity index is 1.97. The van der Waals surface area contributed by atoms with E-state index < -0.39 is 0 Å². The molecule has 1 aromatic carbocycles. The Morgan fingerprint density at radius 2 is 2.10 bits per heavy atom. The number of piperidine rings is 1. The van der Waals surface area contributed by atoms with E-state index in [-0.39, 0.29) is 11.9 Å². The Morgan fingerprint density at radius 1 is 1.35 bits per heavy atom. The molecule has 1 N–H and O–H groups in total. The van der Waals surface area contributed by atoms with Crippen LogP contribution in [0.1, 0.15) is 31.7 Å². The SMILES string of the molecule is CCN(Cc1ccc(OC)cc1)C(=O)[C@@H]1CCCCN1. The maximum absolute atomic E-state index is 12.5. The predicted molar refractivity (Wildman–Crippen MR) is 79.7 cm³/mol. The molecule has 0 saturated carbocycles. The first-order valence-corrected chi connectivity index (χ1v) is 7.39. The molecule has 1 aliphatic heterocycles. The summed E-state index contributed by atoms with van der Waals surface area (Å²) in [6.45, 7) is 4.39. The van der Waals surface area contributed by atoms with Crippen LogP contribution in [-0.4, -0.2) is 37.0 Å². The van der Waals surface area contributed by atoms with Crippen LogP contribution in [0.3, 0.4) is 0 Å². The van der Waals surface area contributed by atoms with Gasteiger partial charge in [0.2, 0.25) is 5.91 Å². The number of nitrogens with one attached hydrogen (secondary N) is 1. The highest BCUT2D eigenvalue weighted by Crippen LogP contribution is 2.15. The minimum absolute atomic E-state index is 0.00180. The number of carbonyl (C=O) groups is 1. The monoisotopic (exact) mass is 276 g/mol. The highest BCUT2D eigenvalue weighted by Gasteiger charge is 2.24. The van der Waals surface area contributed by atoms with Gasteiger partial charge < -0.3 is 15.0 Å². The first-order chi connectivity index (χ1) is 9.74. The van der Waals surface area contributed by atoms with Gasteiger partial charge in [0.1, 0.15) is 5.75 Å². The van der Waals surface area contributed by atoms with Crippen LogP contribution in [0.2, 0.25) is 0 Å². The van der Waals surface area contributed by atoms with Gasteiger partial charge in [-0.25, -0.2) is 0 Å². The number of benzene rings is 1. The molecule has 1 heterocycles. The van der Waals surface area contributed by atoms with Crippen LogP contribution in [0, 0.1) is 0 Å². The summed E-state index contributed by atoms with van der Waals surface area (Å²) >= 11 is 0. The van der Waals surface area contributed by atoms with Crippen molar-refractivity contribution < 1.29 is 9.53 Å². The minimum atomic E-state index is 0.00180. The largest absolute Gasteiger partial charge is 0.497 e. The summed E-state index contributed by atoms with van der Waals surface area (Å²) in [4.78, 5) is 14.4. The highest BCUT2D eigenvalue weighted by molar-refractivity contribution is 5.82. The maximum Gasteiger partial charge on any atom is 0.239 e. The van der Waals surface area contributed by atoms with Gasteiger partial charge in [0.05, 0.1) is 13.2 Å². The molecule has 1 amide bonds. The van der Waals surface area contributed by atoms with Gasteiger partial charge in [-0.05, 0) is 44.0 Å². The lowest BCUT2D eigenvalue weighted by molar-refractivity contribution is -0.134. The smallest absolute Gasteiger partial charge is 0.239 e. The zero-order chi connectivity index (χ0) is 14.4. The molecule has 0 unspecified atom stereocenters. The Morgan fingerprint density at radius 3 is 2.65 bits per heavy atom. The first kappa shape index (κ1) is 14.9. The van der Waals surface area contributed by atoms with E-state index in [0.29, 0.717) is 6.54 Å². The normalized spacial score (nSPS) is 18.6. The van der Waals surface area contributed by atoms with Gasteiger partial charge in [0, 0.05) is 13.1 Å². The van der Waals surface area contributed by atoms with Crippen LogP contribution in [0.5, 0.6) is 5.75 Å². The summed E-state index contributed by atoms with van der Waals surface area (Å²) in [6.07, 6.45) is 3.27. The van der Waals surface area contributed by atoms with Crippen LogP contribution >= 0.6 is 0 Å². The third kappa shape index (κ3) is 3.73. The second-order valence-electron chi connectivity index (χ2n) is 5.20. The minimum Gasteiger partial charge on any atom is -0.497 e. The van der Waals surface area contributed by atoms with Gasteiger partial charge in [-0.2, -0.15) is 0 Å². The van der Waals surface area contributed by atoms with Crippen molar-refractivity contribution >= 4 is 5.91 Å². The van der Waals surface area contributed by atoms with Crippen LogP contribution in [0.15, 0.2) is 24.3 Å². The molecule has 0 radical (unpaired) electrons. The summed E-state index contributed by atoms with van der Waals surface area (Å²) < 4.78 is 5.15. The topological polar surface area (TPSA) is 41.6 Å². The van der Waals surface area contributed by atoms with Crippen LogP contribution in [-0.2, 0) is 11.3 Å². The third-order valence-electron chi connectivity index (χ3n) is 3.83. The van der Waals surface area contributed by atoms with Crippen molar-refractivity contribution in [1.82, 2.24) is 10.2 Å². The zero-order valence-electron chi connectivity index (χ0n) is 12.4. The number of nitrogens with zero attached hydrogens (tertiary/aromatic N) is 1. The molecule has 20 heavy (non-hydrogen) atoms. The van der Waals surface area contributed by atoms with Crippen molar-refractivity contribution in [2.45, 2.75) is 38.8 Å². The van der Waals surface area contributed by atoms with Crippen molar-refractivity contribution in [3.8, 4) is 5.75 Å². The van der Waals surface area contributed by atoms with Gasteiger partial charge >= 0.3 is 0 Å². The number of methoxy groups -OCH3 is 1. The molecular formula is C16H24N2O2. The molecule has 4 heteroatoms. The van der Waals surface area contributed by atoms with Crippen LogP contribution in [0.4, 0.5) is 0 Å². The average Bonchev–Trinajstić information content (AvgIpc) is 2.53. The second-order valence-corrected chi connectivity index (χ2v) is 5.20. The number of carbonyl (C=O) groups excluding carboxylic acids is 1. The van der Waals surface area contributed by atoms with Crippen molar-refractivity contribution in [2.24, 2.45) is 0 Å². The molecule has 0 aliphatic carbocycles. The van der Waals surface area contributed by atoms with E-state index in [9.17, 15) is 4.79 Å². The molecule has 110 valence electrons. The number of hydrogen-bond donors (Lipinski definition) is 1. The molecular weight excluding hydrogens is 252 g/mol. The van der Waals surface area contributed by atoms with Crippen LogP contribution < -0.4 is 10.1 Å². The summed E-state index contributed by atoms with van der Waals surface area (Å²) in [5, 5.41) is 3.33. The van der Waals surface area contributed by atoms with Crippen molar-refractivity contribution in [3.63, 3.8) is 0 Å². The Hall–Kier alpha value is -1.55. The summed E-state index contributed by atoms with van der Waals surface area (Å²) in [5.41, 5.74) is 1.14. The van der Waals surface area contributed by atoms with E-state index in [1.54, 1.807) is 7.11 Å². The zero-order valence-corrected chi connectivity index (χ0v) is 12.4. The second kappa shape index (κ2) is 7.29. The third-order valence-corrected chi connectivity index (χ3v) is 3.83. The summed E-state index contributed by atoms with van der Waals surface area (Å²) in [6, 6.07) is 7.91. The maximum atomic E-state index is 12.5. The molecule has 1 aliphatic rings. The van der Waals surface area contributed by atoms with Gasteiger partial charge in [0.15, 0.2) is 0 Å². The number of hydrogen-bond acceptors (Lipinski definition) is 3. The Bertz CT molecular complexity index is 425. The van der Waals surface area contributed by atoms with Crippen molar-refractivity contribution in [2.75, 3.05) is 20.2 Å². The highest BCUT2D eigenvalue weighted by atomic mass is 16.5. The molecule has 1 fully saturated rings. The fourth-order valence-electron chi connectivity index (χ4n) is 2.58. The molecule has 0 bridgehead atoms. The number of ether oxygens (including phenoxy) is 1. The molecule has 2 rings (SSSR count). The Labute approximate surface area is 121 Å². The van der Waals surface area contributed by atoms with Gasteiger partial charge in [0.25, 0.3) is 0 Å². The lowest BCUT2D eigenvalue weighted by Gasteiger charge is -2.29. The van der Waals surface area contributed by atoms with E-state index in [4.69, 9.17) is 4.74 Å². The predicted octanol–water partition coefficient (Wildman–Crippen LogP) is 2.19. The van der Waals surface area contributed by atoms with Gasteiger partial charge in [-0.15, -0.1) is 0 Å². The summed E-state index contributed by atoms with van der Waals surface area (Å²) in [7, 11) is 1.66. The quantitative estimate of drug-likeness (QED) is 0.896.